The van der Waals surface area contributed by atoms with Gasteiger partial charge in [0.2, 0.25) is 12.2 Å². The predicted molar refractivity (Wildman–Crippen MR) is 82.7 cm³/mol. The van der Waals surface area contributed by atoms with Crippen molar-refractivity contribution in [2.45, 2.75) is 13.5 Å². The molecule has 0 unspecified atom stereocenters. The van der Waals surface area contributed by atoms with Crippen molar-refractivity contribution in [1.29, 1.82) is 0 Å². The van der Waals surface area contributed by atoms with Gasteiger partial charge in [-0.05, 0) is 29.8 Å². The lowest BCUT2D eigenvalue weighted by molar-refractivity contribution is -0.685. The summed E-state index contributed by atoms with van der Waals surface area (Å²) < 4.78 is 1.90. The number of Topliss-reactive ketones (excluding diaryl/α,β-unsaturated/α-hetero) is 1. The van der Waals surface area contributed by atoms with E-state index in [9.17, 15) is 4.79 Å². The number of carbonyl (C=O) groups is 1. The van der Waals surface area contributed by atoms with Crippen LogP contribution in [0.2, 0.25) is 10.0 Å². The lowest BCUT2D eigenvalue weighted by Gasteiger charge is -1.99. The van der Waals surface area contributed by atoms with Crippen molar-refractivity contribution in [3.8, 4) is 0 Å². The minimum absolute atomic E-state index is 0. The maximum Gasteiger partial charge on any atom is 0.206 e. The SMILES string of the molecule is CC(=O)C[n+]1ccccc1/C=C/c1ccc(Cl)c(Cl)c1.[Br-]. The zero-order valence-electron chi connectivity index (χ0n) is 11.4. The topological polar surface area (TPSA) is 20.9 Å². The van der Waals surface area contributed by atoms with Crippen molar-refractivity contribution in [1.82, 2.24) is 0 Å². The number of pyridine rings is 1. The number of hydrogen-bond acceptors (Lipinski definition) is 1. The van der Waals surface area contributed by atoms with Gasteiger partial charge in [-0.15, -0.1) is 0 Å². The molecule has 5 heteroatoms. The summed E-state index contributed by atoms with van der Waals surface area (Å²) in [5.74, 6) is 0.116. The second-order valence-corrected chi connectivity index (χ2v) is 5.28. The summed E-state index contributed by atoms with van der Waals surface area (Å²) in [6.45, 7) is 1.94. The van der Waals surface area contributed by atoms with Gasteiger partial charge in [0.15, 0.2) is 12.0 Å². The highest BCUT2D eigenvalue weighted by Crippen LogP contribution is 2.23. The Bertz CT molecular complexity index is 671. The molecular formula is C16H14BrCl2NO. The van der Waals surface area contributed by atoms with Crippen LogP contribution in [0.3, 0.4) is 0 Å². The molecule has 2 nitrogen and oxygen atoms in total. The van der Waals surface area contributed by atoms with E-state index in [1.165, 1.54) is 0 Å². The lowest BCUT2D eigenvalue weighted by atomic mass is 10.2. The van der Waals surface area contributed by atoms with Gasteiger partial charge in [0.05, 0.1) is 10.0 Å². The standard InChI is InChI=1S/C16H14Cl2NO.BrH/c1-12(20)11-19-9-3-2-4-14(19)7-5-13-6-8-15(17)16(18)10-13;/h2-10H,11H2,1H3;1H/q+1;/p-1/b7-5+;. The number of aromatic nitrogens is 1. The molecule has 0 aliphatic heterocycles. The van der Waals surface area contributed by atoms with Gasteiger partial charge in [-0.25, -0.2) is 0 Å². The zero-order valence-corrected chi connectivity index (χ0v) is 14.5. The Morgan fingerprint density at radius 2 is 1.90 bits per heavy atom. The van der Waals surface area contributed by atoms with Gasteiger partial charge in [-0.3, -0.25) is 4.79 Å². The summed E-state index contributed by atoms with van der Waals surface area (Å²) in [7, 11) is 0. The van der Waals surface area contributed by atoms with Crippen molar-refractivity contribution >= 4 is 41.1 Å². The van der Waals surface area contributed by atoms with E-state index in [2.05, 4.69) is 0 Å². The number of carbonyl (C=O) groups excluding carboxylic acids is 1. The molecule has 1 heterocycles. The van der Waals surface area contributed by atoms with Crippen LogP contribution >= 0.6 is 23.2 Å². The van der Waals surface area contributed by atoms with Gasteiger partial charge >= 0.3 is 0 Å². The van der Waals surface area contributed by atoms with E-state index in [1.807, 2.05) is 47.2 Å². The van der Waals surface area contributed by atoms with E-state index in [1.54, 1.807) is 19.1 Å². The first-order valence-corrected chi connectivity index (χ1v) is 6.93. The largest absolute Gasteiger partial charge is 1.00 e. The highest BCUT2D eigenvalue weighted by atomic mass is 79.9. The Morgan fingerprint density at radius 1 is 1.14 bits per heavy atom. The van der Waals surface area contributed by atoms with Crippen LogP contribution in [-0.4, -0.2) is 5.78 Å². The van der Waals surface area contributed by atoms with Crippen LogP contribution in [0.15, 0.2) is 42.6 Å². The minimum atomic E-state index is 0. The number of benzene rings is 1. The fourth-order valence-electron chi connectivity index (χ4n) is 1.82. The summed E-state index contributed by atoms with van der Waals surface area (Å²) in [5, 5.41) is 1.06. The molecule has 110 valence electrons. The maximum absolute atomic E-state index is 11.2. The molecule has 0 aliphatic rings. The molecule has 0 amide bonds. The van der Waals surface area contributed by atoms with Crippen molar-refractivity contribution in [3.63, 3.8) is 0 Å². The van der Waals surface area contributed by atoms with Crippen molar-refractivity contribution < 1.29 is 26.3 Å². The molecule has 0 N–H and O–H groups in total. The number of ketones is 1. The van der Waals surface area contributed by atoms with E-state index in [-0.39, 0.29) is 22.8 Å². The van der Waals surface area contributed by atoms with Crippen LogP contribution in [-0.2, 0) is 11.3 Å². The van der Waals surface area contributed by atoms with E-state index in [4.69, 9.17) is 23.2 Å². The molecule has 0 saturated heterocycles. The van der Waals surface area contributed by atoms with Crippen molar-refractivity contribution in [2.24, 2.45) is 0 Å². The Hall–Kier alpha value is -1.16. The molecule has 0 aliphatic carbocycles. The average molecular weight is 387 g/mol. The average Bonchev–Trinajstić information content (AvgIpc) is 2.41. The summed E-state index contributed by atoms with van der Waals surface area (Å²) in [4.78, 5) is 11.2. The second kappa shape index (κ2) is 8.32. The third kappa shape index (κ3) is 5.27. The van der Waals surface area contributed by atoms with Gasteiger partial charge in [0.1, 0.15) is 0 Å². The van der Waals surface area contributed by atoms with Crippen molar-refractivity contribution in [3.05, 3.63) is 63.9 Å². The minimum Gasteiger partial charge on any atom is -1.00 e. The third-order valence-corrected chi connectivity index (χ3v) is 3.50. The second-order valence-electron chi connectivity index (χ2n) is 4.46. The molecular weight excluding hydrogens is 373 g/mol. The molecule has 0 radical (unpaired) electrons. The normalized spacial score (nSPS) is 10.4. The lowest BCUT2D eigenvalue weighted by Crippen LogP contribution is -3.00. The zero-order chi connectivity index (χ0) is 14.5. The summed E-state index contributed by atoms with van der Waals surface area (Å²) >= 11 is 11.9. The number of halogens is 3. The summed E-state index contributed by atoms with van der Waals surface area (Å²) in [5.41, 5.74) is 1.91. The van der Waals surface area contributed by atoms with Crippen LogP contribution in [0, 0.1) is 0 Å². The first-order valence-electron chi connectivity index (χ1n) is 6.17. The third-order valence-electron chi connectivity index (χ3n) is 2.76. The monoisotopic (exact) mass is 385 g/mol. The number of hydrogen-bond donors (Lipinski definition) is 0. The number of nitrogens with zero attached hydrogens (tertiary/aromatic N) is 1. The van der Waals surface area contributed by atoms with E-state index >= 15 is 0 Å². The molecule has 1 aromatic heterocycles. The Balaban J connectivity index is 0.00000220. The molecule has 0 bridgehead atoms. The fraction of sp³-hybridized carbons (Fsp3) is 0.125. The van der Waals surface area contributed by atoms with E-state index < -0.39 is 0 Å². The molecule has 1 aromatic carbocycles. The molecule has 0 saturated carbocycles. The first-order chi connectivity index (χ1) is 9.56. The molecule has 0 fully saturated rings. The van der Waals surface area contributed by atoms with Gasteiger partial charge in [-0.1, -0.05) is 29.3 Å². The maximum atomic E-state index is 11.2. The van der Waals surface area contributed by atoms with Crippen LogP contribution in [0.25, 0.3) is 12.2 Å². The fourth-order valence-corrected chi connectivity index (χ4v) is 2.13. The van der Waals surface area contributed by atoms with Crippen molar-refractivity contribution in [2.75, 3.05) is 0 Å². The molecule has 2 rings (SSSR count). The van der Waals surface area contributed by atoms with Crippen LogP contribution in [0.5, 0.6) is 0 Å². The van der Waals surface area contributed by atoms with E-state index in [0.29, 0.717) is 16.6 Å². The van der Waals surface area contributed by atoms with Gasteiger partial charge < -0.3 is 17.0 Å². The molecule has 0 spiro atoms. The van der Waals surface area contributed by atoms with E-state index in [0.717, 1.165) is 11.3 Å². The first kappa shape index (κ1) is 17.9. The van der Waals surface area contributed by atoms with Gasteiger partial charge in [-0.2, -0.15) is 4.57 Å². The Labute approximate surface area is 144 Å². The molecule has 2 aromatic rings. The molecule has 21 heavy (non-hydrogen) atoms. The number of rotatable bonds is 4. The smallest absolute Gasteiger partial charge is 0.206 e. The summed E-state index contributed by atoms with van der Waals surface area (Å²) in [6.07, 6.45) is 5.77. The highest BCUT2D eigenvalue weighted by Gasteiger charge is 2.08. The van der Waals surface area contributed by atoms with Crippen LogP contribution in [0.1, 0.15) is 18.2 Å². The summed E-state index contributed by atoms with van der Waals surface area (Å²) in [6, 6.07) is 11.3. The van der Waals surface area contributed by atoms with Gasteiger partial charge in [0, 0.05) is 25.1 Å². The molecule has 0 atom stereocenters. The Kier molecular flexibility index (Phi) is 7.09. The quantitative estimate of drug-likeness (QED) is 0.719. The van der Waals surface area contributed by atoms with Crippen LogP contribution < -0.4 is 21.5 Å². The van der Waals surface area contributed by atoms with Crippen LogP contribution in [0.4, 0.5) is 0 Å². The van der Waals surface area contributed by atoms with Gasteiger partial charge in [0.25, 0.3) is 0 Å². The Morgan fingerprint density at radius 3 is 2.57 bits per heavy atom. The predicted octanol–water partition coefficient (Wildman–Crippen LogP) is 1.04. The highest BCUT2D eigenvalue weighted by molar-refractivity contribution is 6.42.